The van der Waals surface area contributed by atoms with E-state index in [1.54, 1.807) is 0 Å². The topological polar surface area (TPSA) is 54.0 Å². The van der Waals surface area contributed by atoms with Gasteiger partial charge in [-0.2, -0.15) is 0 Å². The van der Waals surface area contributed by atoms with Gasteiger partial charge in [0, 0.05) is 19.6 Å². The zero-order valence-electron chi connectivity index (χ0n) is 16.9. The van der Waals surface area contributed by atoms with E-state index in [1.807, 2.05) is 0 Å². The monoisotopic (exact) mass is 360 g/mol. The van der Waals surface area contributed by atoms with Crippen molar-refractivity contribution in [1.82, 2.24) is 0 Å². The average molecular weight is 361 g/mol. The molecule has 1 atom stereocenters. The third-order valence-corrected chi connectivity index (χ3v) is 3.89. The Labute approximate surface area is 154 Å². The minimum Gasteiger partial charge on any atom is -0.465 e. The molecule has 0 fully saturated rings. The number of esters is 1. The van der Waals surface area contributed by atoms with Crippen molar-refractivity contribution in [2.45, 2.75) is 66.2 Å². The first-order valence-corrected chi connectivity index (χ1v) is 9.98. The number of carbonyl (C=O) groups excluding carboxylic acids is 1. The van der Waals surface area contributed by atoms with E-state index in [4.69, 9.17) is 18.9 Å². The number of rotatable bonds is 18. The maximum Gasteiger partial charge on any atom is 0.305 e. The second kappa shape index (κ2) is 18.2. The summed E-state index contributed by atoms with van der Waals surface area (Å²) in [6.45, 7) is 12.8. The summed E-state index contributed by atoms with van der Waals surface area (Å²) in [5.41, 5.74) is 0. The number of carbonyl (C=O) groups is 1. The van der Waals surface area contributed by atoms with Gasteiger partial charge in [0.05, 0.1) is 33.0 Å². The van der Waals surface area contributed by atoms with E-state index in [0.29, 0.717) is 64.3 Å². The number of unbranched alkanes of at least 4 members (excludes halogenated alkanes) is 1. The molecule has 0 heterocycles. The Morgan fingerprint density at radius 2 is 1.48 bits per heavy atom. The van der Waals surface area contributed by atoms with Crippen molar-refractivity contribution >= 4 is 5.97 Å². The molecular formula is C20H40O5. The molecule has 0 rings (SSSR count). The van der Waals surface area contributed by atoms with Gasteiger partial charge in [0.15, 0.2) is 0 Å². The van der Waals surface area contributed by atoms with Gasteiger partial charge in [-0.1, -0.05) is 47.0 Å². The van der Waals surface area contributed by atoms with Crippen molar-refractivity contribution in [3.63, 3.8) is 0 Å². The highest BCUT2D eigenvalue weighted by molar-refractivity contribution is 5.69. The molecule has 0 amide bonds. The molecule has 1 unspecified atom stereocenters. The van der Waals surface area contributed by atoms with Crippen LogP contribution < -0.4 is 0 Å². The van der Waals surface area contributed by atoms with E-state index >= 15 is 0 Å². The Balaban J connectivity index is 3.34. The lowest BCUT2D eigenvalue weighted by Crippen LogP contribution is -2.14. The molecule has 0 radical (unpaired) electrons. The second-order valence-electron chi connectivity index (χ2n) is 6.90. The lowest BCUT2D eigenvalue weighted by molar-refractivity contribution is -0.145. The Bertz CT molecular complexity index is 294. The van der Waals surface area contributed by atoms with Crippen LogP contribution in [0.25, 0.3) is 0 Å². The van der Waals surface area contributed by atoms with Crippen molar-refractivity contribution in [3.8, 4) is 0 Å². The molecular weight excluding hydrogens is 320 g/mol. The van der Waals surface area contributed by atoms with Gasteiger partial charge in [-0.3, -0.25) is 4.79 Å². The normalized spacial score (nSPS) is 12.5. The van der Waals surface area contributed by atoms with Crippen LogP contribution in [0, 0.1) is 11.8 Å². The molecule has 0 saturated heterocycles. The summed E-state index contributed by atoms with van der Waals surface area (Å²) < 4.78 is 21.6. The molecule has 0 N–H and O–H groups in total. The van der Waals surface area contributed by atoms with Gasteiger partial charge in [0.25, 0.3) is 0 Å². The fourth-order valence-electron chi connectivity index (χ4n) is 2.26. The average Bonchev–Trinajstić information content (AvgIpc) is 2.59. The van der Waals surface area contributed by atoms with Crippen LogP contribution in [0.2, 0.25) is 0 Å². The van der Waals surface area contributed by atoms with Crippen LogP contribution in [0.1, 0.15) is 66.2 Å². The summed E-state index contributed by atoms with van der Waals surface area (Å²) in [4.78, 5) is 11.7. The fraction of sp³-hybridized carbons (Fsp3) is 0.950. The van der Waals surface area contributed by atoms with Gasteiger partial charge in [-0.25, -0.2) is 0 Å². The van der Waals surface area contributed by atoms with E-state index in [1.165, 1.54) is 12.8 Å². The van der Waals surface area contributed by atoms with Crippen molar-refractivity contribution in [1.29, 1.82) is 0 Å². The van der Waals surface area contributed by atoms with E-state index in [0.717, 1.165) is 19.4 Å². The van der Waals surface area contributed by atoms with Crippen LogP contribution >= 0.6 is 0 Å². The molecule has 0 bridgehead atoms. The largest absolute Gasteiger partial charge is 0.465 e. The molecule has 0 aliphatic heterocycles. The van der Waals surface area contributed by atoms with E-state index < -0.39 is 0 Å². The minimum absolute atomic E-state index is 0.114. The van der Waals surface area contributed by atoms with Crippen LogP contribution in [0.5, 0.6) is 0 Å². The van der Waals surface area contributed by atoms with Gasteiger partial charge in [-0.15, -0.1) is 0 Å². The quantitative estimate of drug-likeness (QED) is 0.270. The molecule has 5 heteroatoms. The molecule has 0 aromatic heterocycles. The highest BCUT2D eigenvalue weighted by atomic mass is 16.5. The zero-order chi connectivity index (χ0) is 18.8. The summed E-state index contributed by atoms with van der Waals surface area (Å²) >= 11 is 0. The van der Waals surface area contributed by atoms with Gasteiger partial charge in [0.1, 0.15) is 0 Å². The molecule has 150 valence electrons. The SMILES string of the molecule is CCCCC(CC)COC(=O)CCCOCCOCCOCC(C)C. The first-order chi connectivity index (χ1) is 12.1. The van der Waals surface area contributed by atoms with Crippen LogP contribution in [-0.2, 0) is 23.7 Å². The van der Waals surface area contributed by atoms with E-state index in [-0.39, 0.29) is 5.97 Å². The molecule has 0 aromatic rings. The summed E-state index contributed by atoms with van der Waals surface area (Å²) in [5.74, 6) is 0.943. The van der Waals surface area contributed by atoms with Gasteiger partial charge in [-0.05, 0) is 24.7 Å². The first kappa shape index (κ1) is 24.4. The summed E-state index contributed by atoms with van der Waals surface area (Å²) in [5, 5.41) is 0. The predicted octanol–water partition coefficient (Wildman–Crippen LogP) is 4.23. The molecule has 0 aliphatic carbocycles. The lowest BCUT2D eigenvalue weighted by Gasteiger charge is -2.14. The number of ether oxygens (including phenoxy) is 4. The van der Waals surface area contributed by atoms with Gasteiger partial charge in [0.2, 0.25) is 0 Å². The predicted molar refractivity (Wildman–Crippen MR) is 101 cm³/mol. The van der Waals surface area contributed by atoms with Crippen molar-refractivity contribution < 1.29 is 23.7 Å². The Kier molecular flexibility index (Phi) is 17.7. The Morgan fingerprint density at radius 3 is 2.08 bits per heavy atom. The molecule has 25 heavy (non-hydrogen) atoms. The smallest absolute Gasteiger partial charge is 0.305 e. The maximum absolute atomic E-state index is 11.7. The third-order valence-electron chi connectivity index (χ3n) is 3.89. The maximum atomic E-state index is 11.7. The minimum atomic E-state index is -0.114. The standard InChI is InChI=1S/C20H40O5/c1-5-7-9-19(6-2)17-25-20(21)10-8-11-22-12-13-23-14-15-24-16-18(3)4/h18-19H,5-17H2,1-4H3. The Morgan fingerprint density at radius 1 is 0.840 bits per heavy atom. The van der Waals surface area contributed by atoms with Crippen molar-refractivity contribution in [2.75, 3.05) is 46.2 Å². The molecule has 0 aromatic carbocycles. The van der Waals surface area contributed by atoms with Crippen LogP contribution in [0.3, 0.4) is 0 Å². The van der Waals surface area contributed by atoms with Gasteiger partial charge < -0.3 is 18.9 Å². The zero-order valence-corrected chi connectivity index (χ0v) is 16.9. The van der Waals surface area contributed by atoms with Crippen LogP contribution in [-0.4, -0.2) is 52.2 Å². The second-order valence-corrected chi connectivity index (χ2v) is 6.90. The summed E-state index contributed by atoms with van der Waals surface area (Å²) in [6, 6.07) is 0. The third kappa shape index (κ3) is 18.0. The molecule has 0 spiro atoms. The molecule has 0 saturated carbocycles. The van der Waals surface area contributed by atoms with E-state index in [9.17, 15) is 4.79 Å². The number of hydrogen-bond donors (Lipinski definition) is 0. The fourth-order valence-corrected chi connectivity index (χ4v) is 2.26. The van der Waals surface area contributed by atoms with Crippen LogP contribution in [0.15, 0.2) is 0 Å². The molecule has 0 aliphatic rings. The number of hydrogen-bond acceptors (Lipinski definition) is 5. The van der Waals surface area contributed by atoms with Crippen molar-refractivity contribution in [3.05, 3.63) is 0 Å². The molecule has 5 nitrogen and oxygen atoms in total. The summed E-state index contributed by atoms with van der Waals surface area (Å²) in [6.07, 6.45) is 5.73. The van der Waals surface area contributed by atoms with Crippen LogP contribution in [0.4, 0.5) is 0 Å². The van der Waals surface area contributed by atoms with Crippen molar-refractivity contribution in [2.24, 2.45) is 11.8 Å². The highest BCUT2D eigenvalue weighted by Crippen LogP contribution is 2.13. The van der Waals surface area contributed by atoms with Gasteiger partial charge >= 0.3 is 5.97 Å². The first-order valence-electron chi connectivity index (χ1n) is 9.98. The lowest BCUT2D eigenvalue weighted by atomic mass is 10.0. The van der Waals surface area contributed by atoms with E-state index in [2.05, 4.69) is 27.7 Å². The summed E-state index contributed by atoms with van der Waals surface area (Å²) in [7, 11) is 0. The Hall–Kier alpha value is -0.650. The highest BCUT2D eigenvalue weighted by Gasteiger charge is 2.09.